The van der Waals surface area contributed by atoms with E-state index in [0.29, 0.717) is 19.0 Å². The predicted molar refractivity (Wildman–Crippen MR) is 60.8 cm³/mol. The lowest BCUT2D eigenvalue weighted by Crippen LogP contribution is -2.38. The van der Waals surface area contributed by atoms with Crippen LogP contribution in [0.2, 0.25) is 0 Å². The second-order valence-electron chi connectivity index (χ2n) is 4.99. The minimum absolute atomic E-state index is 0.479. The van der Waals surface area contributed by atoms with Gasteiger partial charge in [0.15, 0.2) is 0 Å². The Hall–Kier alpha value is -0.940. The van der Waals surface area contributed by atoms with Crippen LogP contribution in [-0.2, 0) is 6.54 Å². The van der Waals surface area contributed by atoms with Crippen molar-refractivity contribution in [2.45, 2.75) is 46.3 Å². The molecule has 0 fully saturated rings. The third-order valence-corrected chi connectivity index (χ3v) is 2.39. The molecule has 1 atom stereocenters. The Labute approximate surface area is 96.2 Å². The van der Waals surface area contributed by atoms with Crippen LogP contribution in [-0.4, -0.2) is 27.6 Å². The number of aliphatic hydroxyl groups is 1. The molecule has 0 radical (unpaired) electrons. The lowest BCUT2D eigenvalue weighted by Gasteiger charge is -2.25. The summed E-state index contributed by atoms with van der Waals surface area (Å²) in [7, 11) is 0. The standard InChI is InChI=1S/C11H21N3O2/c1-8(2)5-11(4,15)7-12-6-10-9(3)13-16-14-10/h8,12,15H,5-7H2,1-4H3. The van der Waals surface area contributed by atoms with Crippen LogP contribution in [0.15, 0.2) is 4.63 Å². The Kier molecular flexibility index (Phi) is 4.44. The fourth-order valence-electron chi connectivity index (χ4n) is 1.81. The molecule has 0 bridgehead atoms. The predicted octanol–water partition coefficient (Wildman–Crippen LogP) is 1.26. The van der Waals surface area contributed by atoms with E-state index in [1.54, 1.807) is 0 Å². The molecule has 0 saturated carbocycles. The maximum Gasteiger partial charge on any atom is 0.121 e. The van der Waals surface area contributed by atoms with Crippen molar-refractivity contribution in [3.63, 3.8) is 0 Å². The quantitative estimate of drug-likeness (QED) is 0.765. The number of hydrogen-bond acceptors (Lipinski definition) is 5. The van der Waals surface area contributed by atoms with Gasteiger partial charge in [-0.2, -0.15) is 0 Å². The van der Waals surface area contributed by atoms with Crippen molar-refractivity contribution in [1.29, 1.82) is 0 Å². The fourth-order valence-corrected chi connectivity index (χ4v) is 1.81. The minimum Gasteiger partial charge on any atom is -0.389 e. The maximum atomic E-state index is 10.1. The highest BCUT2D eigenvalue weighted by Crippen LogP contribution is 2.15. The van der Waals surface area contributed by atoms with Crippen molar-refractivity contribution in [2.24, 2.45) is 5.92 Å². The SMILES string of the molecule is Cc1nonc1CNCC(C)(O)CC(C)C. The van der Waals surface area contributed by atoms with Crippen molar-refractivity contribution in [1.82, 2.24) is 15.6 Å². The summed E-state index contributed by atoms with van der Waals surface area (Å²) in [5.74, 6) is 0.479. The summed E-state index contributed by atoms with van der Waals surface area (Å²) < 4.78 is 4.59. The van der Waals surface area contributed by atoms with E-state index in [2.05, 4.69) is 34.1 Å². The third-order valence-electron chi connectivity index (χ3n) is 2.39. The molecule has 1 aromatic rings. The Morgan fingerprint density at radius 1 is 1.44 bits per heavy atom. The first-order valence-corrected chi connectivity index (χ1v) is 5.62. The van der Waals surface area contributed by atoms with Crippen molar-refractivity contribution in [2.75, 3.05) is 6.54 Å². The lowest BCUT2D eigenvalue weighted by atomic mass is 9.94. The van der Waals surface area contributed by atoms with Crippen LogP contribution in [0.4, 0.5) is 0 Å². The zero-order valence-electron chi connectivity index (χ0n) is 10.4. The molecule has 2 N–H and O–H groups in total. The highest BCUT2D eigenvalue weighted by atomic mass is 16.6. The Bertz CT molecular complexity index is 321. The van der Waals surface area contributed by atoms with E-state index in [0.717, 1.165) is 17.8 Å². The van der Waals surface area contributed by atoms with Crippen molar-refractivity contribution >= 4 is 0 Å². The van der Waals surface area contributed by atoms with Crippen LogP contribution in [0.25, 0.3) is 0 Å². The summed E-state index contributed by atoms with van der Waals surface area (Å²) in [4.78, 5) is 0. The van der Waals surface area contributed by atoms with Crippen molar-refractivity contribution < 1.29 is 9.74 Å². The minimum atomic E-state index is -0.681. The molecule has 0 aliphatic heterocycles. The second-order valence-corrected chi connectivity index (χ2v) is 4.99. The van der Waals surface area contributed by atoms with Gasteiger partial charge in [-0.15, -0.1) is 0 Å². The van der Waals surface area contributed by atoms with Gasteiger partial charge < -0.3 is 10.4 Å². The molecule has 0 aromatic carbocycles. The number of nitrogens with one attached hydrogen (secondary N) is 1. The molecule has 1 aromatic heterocycles. The first kappa shape index (κ1) is 13.1. The van der Waals surface area contributed by atoms with E-state index in [-0.39, 0.29) is 0 Å². The molecule has 1 rings (SSSR count). The van der Waals surface area contributed by atoms with E-state index < -0.39 is 5.60 Å². The maximum absolute atomic E-state index is 10.1. The molecule has 0 saturated heterocycles. The molecule has 16 heavy (non-hydrogen) atoms. The van der Waals surface area contributed by atoms with Crippen LogP contribution in [0.1, 0.15) is 38.6 Å². The van der Waals surface area contributed by atoms with Crippen LogP contribution in [0.3, 0.4) is 0 Å². The first-order chi connectivity index (χ1) is 7.41. The van der Waals surface area contributed by atoms with Gasteiger partial charge in [0.25, 0.3) is 0 Å². The molecular weight excluding hydrogens is 206 g/mol. The average Bonchev–Trinajstić information content (AvgIpc) is 2.49. The van der Waals surface area contributed by atoms with Gasteiger partial charge in [0.2, 0.25) is 0 Å². The summed E-state index contributed by atoms with van der Waals surface area (Å²) in [5.41, 5.74) is 0.899. The van der Waals surface area contributed by atoms with E-state index >= 15 is 0 Å². The van der Waals surface area contributed by atoms with Crippen LogP contribution in [0.5, 0.6) is 0 Å². The molecule has 1 heterocycles. The van der Waals surface area contributed by atoms with Gasteiger partial charge >= 0.3 is 0 Å². The topological polar surface area (TPSA) is 71.2 Å². The second kappa shape index (κ2) is 5.41. The summed E-state index contributed by atoms with van der Waals surface area (Å²) >= 11 is 0. The molecule has 0 amide bonds. The summed E-state index contributed by atoms with van der Waals surface area (Å²) in [6.07, 6.45) is 0.774. The largest absolute Gasteiger partial charge is 0.389 e. The van der Waals surface area contributed by atoms with Gasteiger partial charge in [0, 0.05) is 13.1 Å². The zero-order valence-corrected chi connectivity index (χ0v) is 10.4. The van der Waals surface area contributed by atoms with E-state index in [1.165, 1.54) is 0 Å². The molecule has 92 valence electrons. The van der Waals surface area contributed by atoms with Gasteiger partial charge in [-0.3, -0.25) is 0 Å². The Balaban J connectivity index is 2.32. The number of rotatable bonds is 6. The number of nitrogens with zero attached hydrogens (tertiary/aromatic N) is 2. The average molecular weight is 227 g/mol. The summed E-state index contributed by atoms with van der Waals surface area (Å²) in [6, 6.07) is 0. The highest BCUT2D eigenvalue weighted by Gasteiger charge is 2.21. The Morgan fingerprint density at radius 3 is 2.62 bits per heavy atom. The normalized spacial score (nSPS) is 15.4. The molecule has 1 unspecified atom stereocenters. The lowest BCUT2D eigenvalue weighted by molar-refractivity contribution is 0.0382. The molecule has 0 aliphatic rings. The summed E-state index contributed by atoms with van der Waals surface area (Å²) in [5, 5.41) is 20.7. The van der Waals surface area contributed by atoms with Gasteiger partial charge in [0.1, 0.15) is 11.4 Å². The monoisotopic (exact) mass is 227 g/mol. The molecule has 0 aliphatic carbocycles. The van der Waals surface area contributed by atoms with Gasteiger partial charge in [-0.05, 0) is 26.2 Å². The van der Waals surface area contributed by atoms with Gasteiger partial charge in [-0.1, -0.05) is 24.2 Å². The number of aromatic nitrogens is 2. The molecule has 5 heteroatoms. The van der Waals surface area contributed by atoms with Crippen LogP contribution < -0.4 is 5.32 Å². The Morgan fingerprint density at radius 2 is 2.12 bits per heavy atom. The molecule has 0 spiro atoms. The number of aryl methyl sites for hydroxylation is 1. The van der Waals surface area contributed by atoms with Crippen molar-refractivity contribution in [3.8, 4) is 0 Å². The first-order valence-electron chi connectivity index (χ1n) is 5.62. The molecular formula is C11H21N3O2. The van der Waals surface area contributed by atoms with E-state index in [4.69, 9.17) is 0 Å². The molecule has 5 nitrogen and oxygen atoms in total. The van der Waals surface area contributed by atoms with Crippen LogP contribution in [0, 0.1) is 12.8 Å². The smallest absolute Gasteiger partial charge is 0.121 e. The highest BCUT2D eigenvalue weighted by molar-refractivity contribution is 5.03. The van der Waals surface area contributed by atoms with E-state index in [1.807, 2.05) is 13.8 Å². The van der Waals surface area contributed by atoms with Crippen molar-refractivity contribution in [3.05, 3.63) is 11.4 Å². The number of hydrogen-bond donors (Lipinski definition) is 2. The van der Waals surface area contributed by atoms with Gasteiger partial charge in [-0.25, -0.2) is 4.63 Å². The zero-order chi connectivity index (χ0) is 12.2. The fraction of sp³-hybridized carbons (Fsp3) is 0.818. The van der Waals surface area contributed by atoms with Gasteiger partial charge in [0.05, 0.1) is 5.60 Å². The summed E-state index contributed by atoms with van der Waals surface area (Å²) in [6.45, 7) is 9.00. The third kappa shape index (κ3) is 4.28. The van der Waals surface area contributed by atoms with Crippen LogP contribution >= 0.6 is 0 Å². The van der Waals surface area contributed by atoms with E-state index in [9.17, 15) is 5.11 Å².